The first-order chi connectivity index (χ1) is 14.5. The largest absolute Gasteiger partial charge is 0.349 e. The van der Waals surface area contributed by atoms with E-state index in [0.29, 0.717) is 24.4 Å². The summed E-state index contributed by atoms with van der Waals surface area (Å²) in [7, 11) is -3.84. The van der Waals surface area contributed by atoms with Crippen molar-refractivity contribution < 1.29 is 13.2 Å². The fourth-order valence-electron chi connectivity index (χ4n) is 4.05. The zero-order chi connectivity index (χ0) is 22.9. The first-order valence-corrected chi connectivity index (χ1v) is 12.5. The van der Waals surface area contributed by atoms with Crippen molar-refractivity contribution in [3.05, 3.63) is 62.6 Å². The number of amides is 1. The van der Waals surface area contributed by atoms with Crippen molar-refractivity contribution in [2.75, 3.05) is 13.1 Å². The van der Waals surface area contributed by atoms with Gasteiger partial charge in [-0.15, -0.1) is 0 Å². The molecule has 3 rings (SSSR count). The van der Waals surface area contributed by atoms with Gasteiger partial charge in [-0.2, -0.15) is 4.31 Å². The predicted octanol–water partition coefficient (Wildman–Crippen LogP) is 5.20. The molecule has 1 saturated heterocycles. The normalized spacial score (nSPS) is 18.6. The monoisotopic (exact) mass is 482 g/mol. The van der Waals surface area contributed by atoms with Gasteiger partial charge in [-0.25, -0.2) is 8.42 Å². The molecule has 2 aromatic carbocycles. The number of nitrogens with one attached hydrogen (secondary N) is 1. The summed E-state index contributed by atoms with van der Waals surface area (Å²) in [6.07, 6.45) is 1.24. The van der Waals surface area contributed by atoms with Crippen molar-refractivity contribution in [1.82, 2.24) is 9.62 Å². The molecule has 0 aromatic heterocycles. The van der Waals surface area contributed by atoms with E-state index in [0.717, 1.165) is 11.1 Å². The van der Waals surface area contributed by atoms with Gasteiger partial charge in [0.15, 0.2) is 0 Å². The van der Waals surface area contributed by atoms with E-state index in [2.05, 4.69) is 31.3 Å². The lowest BCUT2D eigenvalue weighted by atomic mass is 9.95. The summed E-state index contributed by atoms with van der Waals surface area (Å²) in [6, 6.07) is 8.43. The fraction of sp³-hybridized carbons (Fsp3) is 0.435. The molecule has 2 aromatic rings. The van der Waals surface area contributed by atoms with Crippen molar-refractivity contribution in [2.45, 2.75) is 51.5 Å². The van der Waals surface area contributed by atoms with Gasteiger partial charge in [0, 0.05) is 18.1 Å². The maximum absolute atomic E-state index is 13.1. The molecule has 1 heterocycles. The highest BCUT2D eigenvalue weighted by Gasteiger charge is 2.35. The summed E-state index contributed by atoms with van der Waals surface area (Å²) < 4.78 is 27.6. The molecule has 8 heteroatoms. The van der Waals surface area contributed by atoms with Gasteiger partial charge >= 0.3 is 0 Å². The lowest BCUT2D eigenvalue weighted by Crippen LogP contribution is -2.45. The zero-order valence-electron chi connectivity index (χ0n) is 18.2. The quantitative estimate of drug-likeness (QED) is 0.636. The molecule has 1 aliphatic rings. The van der Waals surface area contributed by atoms with Gasteiger partial charge in [-0.1, -0.05) is 35.3 Å². The Morgan fingerprint density at radius 3 is 2.48 bits per heavy atom. The second-order valence-electron chi connectivity index (χ2n) is 8.30. The summed E-state index contributed by atoms with van der Waals surface area (Å²) in [6.45, 7) is 8.58. The minimum atomic E-state index is -3.84. The van der Waals surface area contributed by atoms with Crippen LogP contribution >= 0.6 is 23.2 Å². The standard InChI is InChI=1S/C23H28Cl2N2O3S/c1-14-10-16(3)20(11-15(14)2)17(4)26-23(28)18-6-5-9-27(13-18)31(29,30)22-12-19(24)7-8-21(22)25/h7-8,10-12,17-18H,5-6,9,13H2,1-4H3,(H,26,28). The van der Waals surface area contributed by atoms with Crippen LogP contribution in [0.2, 0.25) is 10.0 Å². The lowest BCUT2D eigenvalue weighted by molar-refractivity contribution is -0.126. The third-order valence-corrected chi connectivity index (χ3v) is 8.56. The number of carbonyl (C=O) groups excluding carboxylic acids is 1. The molecule has 0 spiro atoms. The Bertz CT molecular complexity index is 1100. The van der Waals surface area contributed by atoms with E-state index in [-0.39, 0.29) is 28.4 Å². The van der Waals surface area contributed by atoms with Crippen LogP contribution in [-0.2, 0) is 14.8 Å². The highest BCUT2D eigenvalue weighted by Crippen LogP contribution is 2.31. The van der Waals surface area contributed by atoms with Crippen LogP contribution in [0.1, 0.15) is 48.1 Å². The predicted molar refractivity (Wildman–Crippen MR) is 125 cm³/mol. The Hall–Kier alpha value is -1.60. The van der Waals surface area contributed by atoms with Crippen molar-refractivity contribution in [3.8, 4) is 0 Å². The lowest BCUT2D eigenvalue weighted by Gasteiger charge is -2.32. The molecule has 0 saturated carbocycles. The number of halogens is 2. The Morgan fingerprint density at radius 2 is 1.77 bits per heavy atom. The molecule has 5 nitrogen and oxygen atoms in total. The number of carbonyl (C=O) groups is 1. The first kappa shape index (κ1) is 24.1. The van der Waals surface area contributed by atoms with E-state index in [1.165, 1.54) is 27.6 Å². The number of rotatable bonds is 5. The van der Waals surface area contributed by atoms with Gasteiger partial charge < -0.3 is 5.32 Å². The van der Waals surface area contributed by atoms with E-state index in [1.54, 1.807) is 6.07 Å². The summed E-state index contributed by atoms with van der Waals surface area (Å²) in [4.78, 5) is 13.0. The molecule has 2 atom stereocenters. The van der Waals surface area contributed by atoms with E-state index in [1.807, 2.05) is 13.8 Å². The van der Waals surface area contributed by atoms with Crippen LogP contribution in [0.25, 0.3) is 0 Å². The molecule has 1 N–H and O–H groups in total. The topological polar surface area (TPSA) is 66.5 Å². The van der Waals surface area contributed by atoms with Gasteiger partial charge in [-0.3, -0.25) is 4.79 Å². The molecule has 1 amide bonds. The third kappa shape index (κ3) is 5.25. The highest BCUT2D eigenvalue weighted by atomic mass is 35.5. The maximum atomic E-state index is 13.1. The number of sulfonamides is 1. The molecular weight excluding hydrogens is 455 g/mol. The number of nitrogens with zero attached hydrogens (tertiary/aromatic N) is 1. The minimum Gasteiger partial charge on any atom is -0.349 e. The van der Waals surface area contributed by atoms with Crippen molar-refractivity contribution in [2.24, 2.45) is 5.92 Å². The molecule has 1 aliphatic heterocycles. The smallest absolute Gasteiger partial charge is 0.244 e. The van der Waals surface area contributed by atoms with E-state index in [9.17, 15) is 13.2 Å². The van der Waals surface area contributed by atoms with Gasteiger partial charge in [0.1, 0.15) is 4.90 Å². The summed E-state index contributed by atoms with van der Waals surface area (Å²) in [5, 5.41) is 3.50. The van der Waals surface area contributed by atoms with Gasteiger partial charge in [0.2, 0.25) is 15.9 Å². The number of aryl methyl sites for hydroxylation is 3. The van der Waals surface area contributed by atoms with Crippen molar-refractivity contribution >= 4 is 39.1 Å². The Morgan fingerprint density at radius 1 is 1.10 bits per heavy atom. The maximum Gasteiger partial charge on any atom is 0.244 e. The van der Waals surface area contributed by atoms with Gasteiger partial charge in [0.25, 0.3) is 0 Å². The zero-order valence-corrected chi connectivity index (χ0v) is 20.5. The highest BCUT2D eigenvalue weighted by molar-refractivity contribution is 7.89. The van der Waals surface area contributed by atoms with Crippen molar-refractivity contribution in [1.29, 1.82) is 0 Å². The molecule has 2 unspecified atom stereocenters. The molecular formula is C23H28Cl2N2O3S. The molecule has 31 heavy (non-hydrogen) atoms. The molecule has 0 radical (unpaired) electrons. The molecule has 0 bridgehead atoms. The average Bonchev–Trinajstić information content (AvgIpc) is 2.72. The van der Waals surface area contributed by atoms with E-state index in [4.69, 9.17) is 23.2 Å². The second-order valence-corrected chi connectivity index (χ2v) is 11.1. The number of piperidine rings is 1. The van der Waals surface area contributed by atoms with E-state index >= 15 is 0 Å². The minimum absolute atomic E-state index is 0.0261. The molecule has 0 aliphatic carbocycles. The van der Waals surface area contributed by atoms with E-state index < -0.39 is 15.9 Å². The first-order valence-electron chi connectivity index (χ1n) is 10.3. The van der Waals surface area contributed by atoms with Crippen LogP contribution in [0.3, 0.4) is 0 Å². The van der Waals surface area contributed by atoms with Crippen LogP contribution in [0.15, 0.2) is 35.2 Å². The average molecular weight is 483 g/mol. The van der Waals surface area contributed by atoms with Crippen LogP contribution in [0.4, 0.5) is 0 Å². The Labute approximate surface area is 194 Å². The van der Waals surface area contributed by atoms with Crippen LogP contribution < -0.4 is 5.32 Å². The SMILES string of the molecule is Cc1cc(C)c(C(C)NC(=O)C2CCCN(S(=O)(=O)c3cc(Cl)ccc3Cl)C2)cc1C. The molecule has 1 fully saturated rings. The van der Waals surface area contributed by atoms with Crippen LogP contribution in [0.5, 0.6) is 0 Å². The summed E-state index contributed by atoms with van der Waals surface area (Å²) >= 11 is 12.1. The Kier molecular flexibility index (Phi) is 7.36. The number of hydrogen-bond donors (Lipinski definition) is 1. The van der Waals surface area contributed by atoms with Crippen LogP contribution in [0, 0.1) is 26.7 Å². The fourth-order valence-corrected chi connectivity index (χ4v) is 6.31. The number of benzene rings is 2. The second kappa shape index (κ2) is 9.49. The Balaban J connectivity index is 1.75. The van der Waals surface area contributed by atoms with Gasteiger partial charge in [0.05, 0.1) is 17.0 Å². The van der Waals surface area contributed by atoms with Crippen molar-refractivity contribution in [3.63, 3.8) is 0 Å². The van der Waals surface area contributed by atoms with Gasteiger partial charge in [-0.05, 0) is 81.0 Å². The summed E-state index contributed by atoms with van der Waals surface area (Å²) in [5.74, 6) is -0.557. The number of hydrogen-bond acceptors (Lipinski definition) is 3. The third-order valence-electron chi connectivity index (χ3n) is 5.97. The summed E-state index contributed by atoms with van der Waals surface area (Å²) in [5.41, 5.74) is 4.59. The van der Waals surface area contributed by atoms with Crippen LogP contribution in [-0.4, -0.2) is 31.7 Å². The molecule has 168 valence electrons.